The number of amides is 1. The van der Waals surface area contributed by atoms with Gasteiger partial charge in [-0.2, -0.15) is 0 Å². The van der Waals surface area contributed by atoms with Gasteiger partial charge in [0.25, 0.3) is 5.91 Å². The van der Waals surface area contributed by atoms with Gasteiger partial charge in [0.1, 0.15) is 11.7 Å². The van der Waals surface area contributed by atoms with Crippen molar-refractivity contribution in [1.82, 2.24) is 4.98 Å². The molecule has 1 amide bonds. The highest BCUT2D eigenvalue weighted by Gasteiger charge is 2.06. The van der Waals surface area contributed by atoms with E-state index < -0.39 is 0 Å². The average Bonchev–Trinajstić information content (AvgIpc) is 2.40. The van der Waals surface area contributed by atoms with Crippen molar-refractivity contribution < 1.29 is 4.79 Å². The second kappa shape index (κ2) is 5.09. The lowest BCUT2D eigenvalue weighted by Crippen LogP contribution is -2.14. The monoisotopic (exact) mass is 240 g/mol. The molecule has 18 heavy (non-hydrogen) atoms. The predicted molar refractivity (Wildman–Crippen MR) is 69.6 cm³/mol. The van der Waals surface area contributed by atoms with Crippen LogP contribution in [0.4, 0.5) is 5.82 Å². The summed E-state index contributed by atoms with van der Waals surface area (Å²) < 4.78 is 0. The Morgan fingerprint density at radius 2 is 1.83 bits per heavy atom. The van der Waals surface area contributed by atoms with Crippen molar-refractivity contribution in [1.29, 1.82) is 5.41 Å². The van der Waals surface area contributed by atoms with Crippen molar-refractivity contribution in [3.8, 4) is 0 Å². The molecule has 0 atom stereocenters. The van der Waals surface area contributed by atoms with Gasteiger partial charge in [0.2, 0.25) is 0 Å². The lowest BCUT2D eigenvalue weighted by atomic mass is 10.2. The van der Waals surface area contributed by atoms with Crippen molar-refractivity contribution >= 4 is 17.6 Å². The first-order valence-electron chi connectivity index (χ1n) is 5.33. The fourth-order valence-corrected chi connectivity index (χ4v) is 1.41. The van der Waals surface area contributed by atoms with Crippen molar-refractivity contribution in [3.05, 3.63) is 59.8 Å². The Morgan fingerprint density at radius 3 is 2.39 bits per heavy atom. The highest BCUT2D eigenvalue weighted by Crippen LogP contribution is 2.07. The molecule has 0 unspecified atom stereocenters. The molecule has 0 aliphatic heterocycles. The number of carbonyl (C=O) groups excluding carboxylic acids is 1. The van der Waals surface area contributed by atoms with Crippen molar-refractivity contribution in [3.63, 3.8) is 0 Å². The van der Waals surface area contributed by atoms with Crippen LogP contribution in [0.5, 0.6) is 0 Å². The number of hydrogen-bond acceptors (Lipinski definition) is 3. The number of anilines is 1. The third kappa shape index (κ3) is 2.70. The molecule has 4 N–H and O–H groups in total. The number of nitrogens with zero attached hydrogens (tertiary/aromatic N) is 1. The molecule has 0 saturated heterocycles. The summed E-state index contributed by atoms with van der Waals surface area (Å²) in [4.78, 5) is 15.8. The van der Waals surface area contributed by atoms with Crippen molar-refractivity contribution in [2.24, 2.45) is 5.73 Å². The summed E-state index contributed by atoms with van der Waals surface area (Å²) in [5.74, 6) is 0.149. The van der Waals surface area contributed by atoms with Crippen LogP contribution in [0.3, 0.4) is 0 Å². The molecule has 0 saturated carbocycles. The topological polar surface area (TPSA) is 91.9 Å². The third-order valence-electron chi connectivity index (χ3n) is 2.35. The molecule has 0 aliphatic carbocycles. The number of aromatic nitrogens is 1. The number of benzene rings is 1. The predicted octanol–water partition coefficient (Wildman–Crippen LogP) is 1.62. The smallest absolute Gasteiger partial charge is 0.256 e. The number of carbonyl (C=O) groups is 1. The van der Waals surface area contributed by atoms with Gasteiger partial charge in [-0.05, 0) is 24.3 Å². The van der Waals surface area contributed by atoms with E-state index in [0.717, 1.165) is 0 Å². The zero-order chi connectivity index (χ0) is 13.0. The fraction of sp³-hybridized carbons (Fsp3) is 0. The Labute approximate surface area is 104 Å². The largest absolute Gasteiger partial charge is 0.384 e. The standard InChI is InChI=1S/C13H12N4O/c14-12(15)10-6-7-11(16-8-10)17-13(18)9-4-2-1-3-5-9/h1-8H,(H3,14,15)(H,16,17,18). The second-order valence-electron chi connectivity index (χ2n) is 3.67. The van der Waals surface area contributed by atoms with Gasteiger partial charge in [0.15, 0.2) is 0 Å². The molecule has 1 heterocycles. The average molecular weight is 240 g/mol. The van der Waals surface area contributed by atoms with E-state index in [9.17, 15) is 4.79 Å². The Morgan fingerprint density at radius 1 is 1.11 bits per heavy atom. The van der Waals surface area contributed by atoms with Crippen molar-refractivity contribution in [2.45, 2.75) is 0 Å². The SMILES string of the molecule is N=C(N)c1ccc(NC(=O)c2ccccc2)nc1. The van der Waals surface area contributed by atoms with Crippen molar-refractivity contribution in [2.75, 3.05) is 5.32 Å². The molecule has 1 aromatic heterocycles. The Balaban J connectivity index is 2.10. The van der Waals surface area contributed by atoms with E-state index in [1.165, 1.54) is 6.20 Å². The lowest BCUT2D eigenvalue weighted by molar-refractivity contribution is 0.102. The van der Waals surface area contributed by atoms with Crippen LogP contribution in [0.25, 0.3) is 0 Å². The van der Waals surface area contributed by atoms with Gasteiger partial charge < -0.3 is 11.1 Å². The van der Waals surface area contributed by atoms with Crippen LogP contribution in [-0.2, 0) is 0 Å². The van der Waals surface area contributed by atoms with Gasteiger partial charge in [-0.15, -0.1) is 0 Å². The van der Waals surface area contributed by atoms with E-state index in [1.807, 2.05) is 6.07 Å². The minimum atomic E-state index is -0.223. The molecule has 1 aromatic carbocycles. The number of rotatable bonds is 3. The molecule has 0 radical (unpaired) electrons. The van der Waals surface area contributed by atoms with Crippen LogP contribution < -0.4 is 11.1 Å². The summed E-state index contributed by atoms with van der Waals surface area (Å²) in [5.41, 5.74) is 6.40. The number of nitrogens with one attached hydrogen (secondary N) is 2. The molecular weight excluding hydrogens is 228 g/mol. The molecule has 0 bridgehead atoms. The maximum atomic E-state index is 11.8. The van der Waals surface area contributed by atoms with E-state index in [4.69, 9.17) is 11.1 Å². The minimum Gasteiger partial charge on any atom is -0.384 e. The number of nitrogen functional groups attached to an aromatic ring is 1. The van der Waals surface area contributed by atoms with Gasteiger partial charge >= 0.3 is 0 Å². The van der Waals surface area contributed by atoms with Crippen LogP contribution in [0.2, 0.25) is 0 Å². The van der Waals surface area contributed by atoms with E-state index in [-0.39, 0.29) is 11.7 Å². The Hall–Kier alpha value is -2.69. The van der Waals surface area contributed by atoms with Crippen LogP contribution in [0.1, 0.15) is 15.9 Å². The van der Waals surface area contributed by atoms with Crippen LogP contribution in [0.15, 0.2) is 48.7 Å². The maximum absolute atomic E-state index is 11.8. The normalized spacial score (nSPS) is 9.78. The number of pyridine rings is 1. The summed E-state index contributed by atoms with van der Waals surface area (Å²) in [6.45, 7) is 0. The van der Waals surface area contributed by atoms with E-state index in [0.29, 0.717) is 16.9 Å². The first-order chi connectivity index (χ1) is 8.66. The van der Waals surface area contributed by atoms with E-state index in [2.05, 4.69) is 10.3 Å². The van der Waals surface area contributed by atoms with Crippen LogP contribution in [-0.4, -0.2) is 16.7 Å². The van der Waals surface area contributed by atoms with E-state index in [1.54, 1.807) is 36.4 Å². The molecule has 5 nitrogen and oxygen atoms in total. The fourth-order valence-electron chi connectivity index (χ4n) is 1.41. The van der Waals surface area contributed by atoms with Gasteiger partial charge in [-0.1, -0.05) is 18.2 Å². The summed E-state index contributed by atoms with van der Waals surface area (Å²) in [6.07, 6.45) is 1.45. The molecule has 5 heteroatoms. The summed E-state index contributed by atoms with van der Waals surface area (Å²) in [6, 6.07) is 12.1. The highest BCUT2D eigenvalue weighted by molar-refractivity contribution is 6.03. The Kier molecular flexibility index (Phi) is 3.33. The third-order valence-corrected chi connectivity index (χ3v) is 2.35. The highest BCUT2D eigenvalue weighted by atomic mass is 16.1. The van der Waals surface area contributed by atoms with E-state index >= 15 is 0 Å². The summed E-state index contributed by atoms with van der Waals surface area (Å²) in [5, 5.41) is 9.90. The quantitative estimate of drug-likeness (QED) is 0.562. The van der Waals surface area contributed by atoms with Gasteiger partial charge in [-0.3, -0.25) is 10.2 Å². The Bertz CT molecular complexity index is 563. The minimum absolute atomic E-state index is 0.0524. The molecule has 0 aliphatic rings. The first-order valence-corrected chi connectivity index (χ1v) is 5.33. The zero-order valence-corrected chi connectivity index (χ0v) is 9.55. The number of amidine groups is 1. The molecule has 0 fully saturated rings. The molecular formula is C13H12N4O. The van der Waals surface area contributed by atoms with Crippen LogP contribution >= 0.6 is 0 Å². The molecule has 90 valence electrons. The molecule has 2 rings (SSSR count). The lowest BCUT2D eigenvalue weighted by Gasteiger charge is -2.05. The second-order valence-corrected chi connectivity index (χ2v) is 3.67. The molecule has 0 spiro atoms. The van der Waals surface area contributed by atoms with Gasteiger partial charge in [-0.25, -0.2) is 4.98 Å². The maximum Gasteiger partial charge on any atom is 0.256 e. The molecule has 2 aromatic rings. The number of hydrogen-bond donors (Lipinski definition) is 3. The first kappa shape index (κ1) is 11.8. The van der Waals surface area contributed by atoms with Gasteiger partial charge in [0, 0.05) is 17.3 Å². The summed E-state index contributed by atoms with van der Waals surface area (Å²) in [7, 11) is 0. The number of nitrogens with two attached hydrogens (primary N) is 1. The zero-order valence-electron chi connectivity index (χ0n) is 9.55. The van der Waals surface area contributed by atoms with Crippen LogP contribution in [0, 0.1) is 5.41 Å². The van der Waals surface area contributed by atoms with Gasteiger partial charge in [0.05, 0.1) is 0 Å². The summed E-state index contributed by atoms with van der Waals surface area (Å²) >= 11 is 0.